The molecule has 2 aromatic heterocycles. The van der Waals surface area contributed by atoms with Crippen molar-refractivity contribution in [1.29, 1.82) is 0 Å². The third-order valence-corrected chi connectivity index (χ3v) is 10.00. The number of fused-ring (bicyclic) bond motifs is 2. The van der Waals surface area contributed by atoms with E-state index < -0.39 is 11.6 Å². The van der Waals surface area contributed by atoms with Gasteiger partial charge in [0.1, 0.15) is 5.60 Å². The lowest BCUT2D eigenvalue weighted by atomic mass is 9.99. The van der Waals surface area contributed by atoms with E-state index in [4.69, 9.17) is 22.1 Å². The molecule has 2 N–H and O–H groups in total. The van der Waals surface area contributed by atoms with E-state index >= 15 is 0 Å². The van der Waals surface area contributed by atoms with Crippen LogP contribution in [-0.4, -0.2) is 20.7 Å². The molecule has 7 aromatic rings. The summed E-state index contributed by atoms with van der Waals surface area (Å²) in [4.78, 5) is 37.4. The zero-order valence-corrected chi connectivity index (χ0v) is 30.3. The number of nitrogens with zero attached hydrogens (tertiary/aromatic N) is 2. The molecule has 0 radical (unpaired) electrons. The number of hydrogen-bond donors (Lipinski definition) is 1. The number of halogens is 1. The molecule has 7 nitrogen and oxygen atoms in total. The zero-order chi connectivity index (χ0) is 35.4. The molecule has 0 saturated carbocycles. The van der Waals surface area contributed by atoms with Gasteiger partial charge < -0.3 is 10.5 Å². The van der Waals surface area contributed by atoms with Crippen LogP contribution in [-0.2, 0) is 24.2 Å². The number of aromatic nitrogens is 2. The monoisotopic (exact) mass is 721 g/mol. The van der Waals surface area contributed by atoms with Gasteiger partial charge in [-0.3, -0.25) is 18.7 Å². The number of rotatable bonds is 7. The van der Waals surface area contributed by atoms with Gasteiger partial charge in [0.2, 0.25) is 0 Å². The van der Waals surface area contributed by atoms with Crippen LogP contribution in [0.2, 0.25) is 5.02 Å². The molecule has 0 aliphatic carbocycles. The van der Waals surface area contributed by atoms with E-state index in [1.165, 1.54) is 22.7 Å². The van der Waals surface area contributed by atoms with Crippen molar-refractivity contribution in [3.63, 3.8) is 0 Å². The zero-order valence-electron chi connectivity index (χ0n) is 27.9. The largest absolute Gasteiger partial charge is 0.456 e. The Hall–Kier alpha value is -4.96. The summed E-state index contributed by atoms with van der Waals surface area (Å²) in [5.74, 6) is -0.394. The molecular formula is C40H36ClN3O4S2. The van der Waals surface area contributed by atoms with Crippen molar-refractivity contribution in [2.24, 2.45) is 0 Å². The van der Waals surface area contributed by atoms with Crippen LogP contribution in [0.25, 0.3) is 20.4 Å². The summed E-state index contributed by atoms with van der Waals surface area (Å²) in [7, 11) is 0. The molecule has 254 valence electrons. The predicted octanol–water partition coefficient (Wildman–Crippen LogP) is 9.00. The van der Waals surface area contributed by atoms with Crippen LogP contribution in [0, 0.1) is 0 Å². The van der Waals surface area contributed by atoms with Gasteiger partial charge in [0.05, 0.1) is 39.1 Å². The number of ether oxygens (including phenoxy) is 1. The molecule has 7 rings (SSSR count). The second-order valence-corrected chi connectivity index (χ2v) is 15.3. The highest BCUT2D eigenvalue weighted by molar-refractivity contribution is 7.16. The Morgan fingerprint density at radius 1 is 0.700 bits per heavy atom. The summed E-state index contributed by atoms with van der Waals surface area (Å²) in [6, 6.07) is 36.8. The van der Waals surface area contributed by atoms with Gasteiger partial charge >= 0.3 is 15.7 Å². The van der Waals surface area contributed by atoms with E-state index in [2.05, 4.69) is 0 Å². The first kappa shape index (κ1) is 34.9. The minimum Gasteiger partial charge on any atom is -0.456 e. The molecule has 0 spiro atoms. The van der Waals surface area contributed by atoms with Crippen LogP contribution in [0.5, 0.6) is 0 Å². The fourth-order valence-corrected chi connectivity index (χ4v) is 7.65. The van der Waals surface area contributed by atoms with E-state index in [-0.39, 0.29) is 9.75 Å². The second kappa shape index (κ2) is 14.9. The summed E-state index contributed by atoms with van der Waals surface area (Å²) in [6.07, 6.45) is 0.534. The highest BCUT2D eigenvalue weighted by Crippen LogP contribution is 2.26. The quantitative estimate of drug-likeness (QED) is 0.131. The third-order valence-electron chi connectivity index (χ3n) is 7.88. The lowest BCUT2D eigenvalue weighted by Gasteiger charge is -2.20. The number of carbonyl (C=O) groups excluding carboxylic acids is 1. The smallest absolute Gasteiger partial charge is 0.338 e. The first-order chi connectivity index (χ1) is 23.9. The minimum absolute atomic E-state index is 0.0157. The Labute approximate surface area is 302 Å². The standard InChI is InChI=1S/C26H24ClNO3S.C14H12N2OS/c1-26(2,3)31-24(29)21-15-20(27)11-10-19(21)13-18-9-12-22-23(14-18)32-25(30)28(22)16-17-7-5-4-6-8-17;15-11-6-7-12-13(8-11)18-14(17)16(12)9-10-4-2-1-3-5-10/h4-12,14-15H,13,16H2,1-3H3;1-8H,9,15H2. The maximum atomic E-state index is 12.7. The molecule has 2 heterocycles. The maximum Gasteiger partial charge on any atom is 0.338 e. The summed E-state index contributed by atoms with van der Waals surface area (Å²) in [6.45, 7) is 6.66. The Bertz CT molecular complexity index is 2410. The molecule has 0 saturated heterocycles. The van der Waals surface area contributed by atoms with Gasteiger partial charge in [0.25, 0.3) is 0 Å². The lowest BCUT2D eigenvalue weighted by molar-refractivity contribution is 0.00684. The first-order valence-corrected chi connectivity index (χ1v) is 18.1. The van der Waals surface area contributed by atoms with Gasteiger partial charge in [-0.25, -0.2) is 4.79 Å². The summed E-state index contributed by atoms with van der Waals surface area (Å²) in [5, 5.41) is 0.487. The number of anilines is 1. The fraction of sp³-hybridized carbons (Fsp3) is 0.175. The van der Waals surface area contributed by atoms with Crippen molar-refractivity contribution in [2.45, 2.75) is 45.9 Å². The van der Waals surface area contributed by atoms with Crippen LogP contribution in [0.3, 0.4) is 0 Å². The first-order valence-electron chi connectivity index (χ1n) is 16.0. The maximum absolute atomic E-state index is 12.7. The fourth-order valence-electron chi connectivity index (χ4n) is 5.58. The lowest BCUT2D eigenvalue weighted by Crippen LogP contribution is -2.24. The summed E-state index contributed by atoms with van der Waals surface area (Å²) < 4.78 is 11.0. The molecule has 0 aliphatic heterocycles. The molecule has 0 amide bonds. The van der Waals surface area contributed by atoms with E-state index in [1.54, 1.807) is 21.3 Å². The van der Waals surface area contributed by atoms with Crippen LogP contribution in [0.1, 0.15) is 53.4 Å². The predicted molar refractivity (Wildman–Crippen MR) is 207 cm³/mol. The van der Waals surface area contributed by atoms with Crippen LogP contribution in [0.15, 0.2) is 125 Å². The number of nitrogens with two attached hydrogens (primary N) is 1. The van der Waals surface area contributed by atoms with Crippen molar-refractivity contribution in [3.05, 3.63) is 167 Å². The topological polar surface area (TPSA) is 96.3 Å². The van der Waals surface area contributed by atoms with Crippen molar-refractivity contribution < 1.29 is 9.53 Å². The number of hydrogen-bond acceptors (Lipinski definition) is 7. The minimum atomic E-state index is -0.594. The Morgan fingerprint density at radius 3 is 1.80 bits per heavy atom. The van der Waals surface area contributed by atoms with E-state index in [9.17, 15) is 14.4 Å². The molecule has 0 unspecified atom stereocenters. The normalized spacial score (nSPS) is 11.4. The molecule has 0 aliphatic rings. The number of carbonyl (C=O) groups is 1. The van der Waals surface area contributed by atoms with E-state index in [0.717, 1.165) is 42.7 Å². The highest BCUT2D eigenvalue weighted by atomic mass is 35.5. The van der Waals surface area contributed by atoms with E-state index in [1.807, 2.05) is 124 Å². The van der Waals surface area contributed by atoms with Crippen molar-refractivity contribution in [1.82, 2.24) is 9.13 Å². The molecule has 50 heavy (non-hydrogen) atoms. The Kier molecular flexibility index (Phi) is 10.4. The molecule has 10 heteroatoms. The van der Waals surface area contributed by atoms with Crippen LogP contribution >= 0.6 is 34.3 Å². The van der Waals surface area contributed by atoms with Crippen molar-refractivity contribution in [2.75, 3.05) is 5.73 Å². The number of esters is 1. The number of nitrogen functional groups attached to an aromatic ring is 1. The van der Waals surface area contributed by atoms with Gasteiger partial charge in [-0.05, 0) is 91.9 Å². The van der Waals surface area contributed by atoms with Gasteiger partial charge in [0, 0.05) is 10.7 Å². The summed E-state index contributed by atoms with van der Waals surface area (Å²) >= 11 is 8.63. The Morgan fingerprint density at radius 2 is 1.24 bits per heavy atom. The second-order valence-electron chi connectivity index (χ2n) is 12.9. The van der Waals surface area contributed by atoms with Gasteiger partial charge in [-0.15, -0.1) is 0 Å². The molecule has 0 bridgehead atoms. The number of benzene rings is 5. The van der Waals surface area contributed by atoms with Crippen molar-refractivity contribution in [3.8, 4) is 0 Å². The molecule has 0 fully saturated rings. The van der Waals surface area contributed by atoms with Gasteiger partial charge in [-0.1, -0.05) is 107 Å². The van der Waals surface area contributed by atoms with Gasteiger partial charge in [0.15, 0.2) is 0 Å². The van der Waals surface area contributed by atoms with Crippen LogP contribution < -0.4 is 15.5 Å². The summed E-state index contributed by atoms with van der Waals surface area (Å²) in [5.41, 5.74) is 12.2. The average Bonchev–Trinajstić information content (AvgIpc) is 3.55. The van der Waals surface area contributed by atoms with Crippen molar-refractivity contribution >= 4 is 66.4 Å². The van der Waals surface area contributed by atoms with Crippen LogP contribution in [0.4, 0.5) is 5.69 Å². The molecule has 0 atom stereocenters. The SMILES string of the molecule is CC(C)(C)OC(=O)c1cc(Cl)ccc1Cc1ccc2c(c1)sc(=O)n2Cc1ccccc1.Nc1ccc2c(c1)sc(=O)n2Cc1ccccc1. The number of thiazole rings is 2. The molecule has 5 aromatic carbocycles. The average molecular weight is 722 g/mol. The third kappa shape index (κ3) is 8.42. The Balaban J connectivity index is 0.000000202. The van der Waals surface area contributed by atoms with Gasteiger partial charge in [-0.2, -0.15) is 0 Å². The molecular weight excluding hydrogens is 686 g/mol. The highest BCUT2D eigenvalue weighted by Gasteiger charge is 2.21. The van der Waals surface area contributed by atoms with E-state index in [0.29, 0.717) is 35.8 Å².